The van der Waals surface area contributed by atoms with Gasteiger partial charge in [-0.3, -0.25) is 14.5 Å². The van der Waals surface area contributed by atoms with Crippen LogP contribution in [-0.4, -0.2) is 68.2 Å². The van der Waals surface area contributed by atoms with Crippen molar-refractivity contribution in [1.29, 1.82) is 0 Å². The van der Waals surface area contributed by atoms with Crippen LogP contribution in [-0.2, 0) is 19.6 Å². The van der Waals surface area contributed by atoms with Gasteiger partial charge in [-0.2, -0.15) is 4.31 Å². The monoisotopic (exact) mass is 422 g/mol. The van der Waals surface area contributed by atoms with Gasteiger partial charge in [0.25, 0.3) is 0 Å². The molecule has 8 heteroatoms. The maximum atomic E-state index is 13.1. The highest BCUT2D eigenvalue weighted by Gasteiger charge is 2.47. The Morgan fingerprint density at radius 3 is 2.31 bits per heavy atom. The first-order chi connectivity index (χ1) is 13.7. The molecule has 0 aromatic heterocycles. The topological polar surface area (TPSA) is 84.0 Å². The first-order valence-corrected chi connectivity index (χ1v) is 11.7. The van der Waals surface area contributed by atoms with E-state index in [0.29, 0.717) is 38.3 Å². The predicted octanol–water partition coefficient (Wildman–Crippen LogP) is 2.32. The van der Waals surface area contributed by atoms with E-state index in [4.69, 9.17) is 4.74 Å². The third-order valence-corrected chi connectivity index (χ3v) is 8.09. The van der Waals surface area contributed by atoms with Gasteiger partial charge in [-0.1, -0.05) is 18.6 Å². The fraction of sp³-hybridized carbons (Fsp3) is 0.619. The lowest BCUT2D eigenvalue weighted by molar-refractivity contribution is -0.163. The Bertz CT molecular complexity index is 862. The number of ketones is 1. The number of ether oxygens (including phenoxy) is 1. The second kappa shape index (κ2) is 8.53. The van der Waals surface area contributed by atoms with Crippen LogP contribution < -0.4 is 0 Å². The summed E-state index contributed by atoms with van der Waals surface area (Å²) in [6.45, 7) is 7.70. The van der Waals surface area contributed by atoms with Gasteiger partial charge in [0.2, 0.25) is 10.0 Å². The second-order valence-corrected chi connectivity index (χ2v) is 10.0. The quantitative estimate of drug-likeness (QED) is 0.495. The van der Waals surface area contributed by atoms with Gasteiger partial charge in [-0.25, -0.2) is 8.42 Å². The Kier molecular flexibility index (Phi) is 6.45. The number of carbonyl (C=O) groups is 2. The van der Waals surface area contributed by atoms with Crippen LogP contribution in [0.5, 0.6) is 0 Å². The van der Waals surface area contributed by atoms with Crippen LogP contribution in [0.3, 0.4) is 0 Å². The third kappa shape index (κ3) is 4.39. The molecule has 1 heterocycles. The molecule has 1 saturated heterocycles. The van der Waals surface area contributed by atoms with Crippen LogP contribution in [0.1, 0.15) is 50.4 Å². The average Bonchev–Trinajstić information content (AvgIpc) is 2.64. The van der Waals surface area contributed by atoms with Crippen LogP contribution in [0, 0.1) is 5.41 Å². The molecule has 0 bridgehead atoms. The van der Waals surface area contributed by atoms with Crippen LogP contribution >= 0.6 is 0 Å². The smallest absolute Gasteiger partial charge is 0.313 e. The van der Waals surface area contributed by atoms with E-state index in [1.54, 1.807) is 12.1 Å². The SMILES string of the molecule is CCOC(=O)C1(CN2CCN(S(=O)(=O)c3ccc(C(C)=O)cc3)[C@H](C)C2)CCC1. The Hall–Kier alpha value is -1.77. The summed E-state index contributed by atoms with van der Waals surface area (Å²) in [6.07, 6.45) is 2.70. The van der Waals surface area contributed by atoms with Crippen molar-refractivity contribution < 1.29 is 22.7 Å². The molecule has 0 unspecified atom stereocenters. The van der Waals surface area contributed by atoms with Crippen molar-refractivity contribution in [3.63, 3.8) is 0 Å². The number of sulfonamides is 1. The van der Waals surface area contributed by atoms with E-state index in [0.717, 1.165) is 19.3 Å². The highest BCUT2D eigenvalue weighted by molar-refractivity contribution is 7.89. The third-order valence-electron chi connectivity index (χ3n) is 6.06. The van der Waals surface area contributed by atoms with Crippen molar-refractivity contribution in [3.05, 3.63) is 29.8 Å². The zero-order valence-electron chi connectivity index (χ0n) is 17.4. The van der Waals surface area contributed by atoms with Gasteiger partial charge in [0.1, 0.15) is 0 Å². The molecule has 1 aliphatic carbocycles. The van der Waals surface area contributed by atoms with Gasteiger partial charge in [-0.15, -0.1) is 0 Å². The first-order valence-electron chi connectivity index (χ1n) is 10.2. The molecule has 29 heavy (non-hydrogen) atoms. The summed E-state index contributed by atoms with van der Waals surface area (Å²) in [5.74, 6) is -0.220. The van der Waals surface area contributed by atoms with Gasteiger partial charge >= 0.3 is 5.97 Å². The highest BCUT2D eigenvalue weighted by atomic mass is 32.2. The van der Waals surface area contributed by atoms with Crippen molar-refractivity contribution >= 4 is 21.8 Å². The molecular formula is C21H30N2O5S. The molecule has 1 aromatic rings. The minimum absolute atomic E-state index is 0.0950. The molecule has 0 radical (unpaired) electrons. The zero-order valence-corrected chi connectivity index (χ0v) is 18.2. The largest absolute Gasteiger partial charge is 0.466 e. The normalized spacial score (nSPS) is 22.7. The molecule has 1 saturated carbocycles. The van der Waals surface area contributed by atoms with Gasteiger partial charge in [0, 0.05) is 37.8 Å². The van der Waals surface area contributed by atoms with E-state index < -0.39 is 15.4 Å². The van der Waals surface area contributed by atoms with Crippen molar-refractivity contribution in [2.75, 3.05) is 32.8 Å². The molecule has 0 N–H and O–H groups in total. The average molecular weight is 423 g/mol. The van der Waals surface area contributed by atoms with E-state index in [1.165, 1.54) is 23.4 Å². The number of benzene rings is 1. The van der Waals surface area contributed by atoms with Crippen molar-refractivity contribution in [3.8, 4) is 0 Å². The minimum atomic E-state index is -3.63. The van der Waals surface area contributed by atoms with Gasteiger partial charge in [0.05, 0.1) is 16.9 Å². The van der Waals surface area contributed by atoms with Crippen molar-refractivity contribution in [1.82, 2.24) is 9.21 Å². The molecule has 0 amide bonds. The molecule has 3 rings (SSSR count). The number of hydrogen-bond acceptors (Lipinski definition) is 6. The lowest BCUT2D eigenvalue weighted by Gasteiger charge is -2.46. The van der Waals surface area contributed by atoms with E-state index in [-0.39, 0.29) is 22.7 Å². The minimum Gasteiger partial charge on any atom is -0.466 e. The van der Waals surface area contributed by atoms with Crippen LogP contribution in [0.4, 0.5) is 0 Å². The van der Waals surface area contributed by atoms with Gasteiger partial charge in [0.15, 0.2) is 5.78 Å². The predicted molar refractivity (Wildman–Crippen MR) is 109 cm³/mol. The fourth-order valence-corrected chi connectivity index (χ4v) is 5.87. The van der Waals surface area contributed by atoms with Crippen LogP contribution in [0.15, 0.2) is 29.2 Å². The number of esters is 1. The Labute approximate surface area is 173 Å². The summed E-state index contributed by atoms with van der Waals surface area (Å²) in [7, 11) is -3.63. The molecule has 1 aliphatic heterocycles. The molecule has 2 aliphatic rings. The lowest BCUT2D eigenvalue weighted by atomic mass is 9.68. The maximum absolute atomic E-state index is 13.1. The van der Waals surface area contributed by atoms with Crippen molar-refractivity contribution in [2.45, 2.75) is 51.0 Å². The van der Waals surface area contributed by atoms with Crippen LogP contribution in [0.25, 0.3) is 0 Å². The van der Waals surface area contributed by atoms with Gasteiger partial charge in [-0.05, 0) is 45.7 Å². The van der Waals surface area contributed by atoms with E-state index in [2.05, 4.69) is 4.90 Å². The van der Waals surface area contributed by atoms with E-state index >= 15 is 0 Å². The molecule has 2 fully saturated rings. The molecule has 1 aromatic carbocycles. The summed E-state index contributed by atoms with van der Waals surface area (Å²) < 4.78 is 33.0. The Balaban J connectivity index is 1.68. The first kappa shape index (κ1) is 21.9. The summed E-state index contributed by atoms with van der Waals surface area (Å²) in [6, 6.07) is 5.89. The standard InChI is InChI=1S/C21H30N2O5S/c1-4-28-20(25)21(10-5-11-21)15-22-12-13-23(16(2)14-22)29(26,27)19-8-6-18(7-9-19)17(3)24/h6-9,16H,4-5,10-15H2,1-3H3/t16-/m1/s1. The zero-order chi connectivity index (χ0) is 21.2. The number of hydrogen-bond donors (Lipinski definition) is 0. The molecule has 160 valence electrons. The number of Topliss-reactive ketones (excluding diaryl/α,β-unsaturated/α-hetero) is 1. The van der Waals surface area contributed by atoms with Gasteiger partial charge < -0.3 is 4.74 Å². The van der Waals surface area contributed by atoms with Crippen molar-refractivity contribution in [2.24, 2.45) is 5.41 Å². The number of piperazine rings is 1. The molecule has 7 nitrogen and oxygen atoms in total. The number of rotatable bonds is 7. The fourth-order valence-electron chi connectivity index (χ4n) is 4.26. The van der Waals surface area contributed by atoms with E-state index in [1.807, 2.05) is 13.8 Å². The molecular weight excluding hydrogens is 392 g/mol. The lowest BCUT2D eigenvalue weighted by Crippen LogP contribution is -2.58. The number of nitrogens with zero attached hydrogens (tertiary/aromatic N) is 2. The molecule has 0 spiro atoms. The summed E-state index contributed by atoms with van der Waals surface area (Å²) in [5, 5.41) is 0. The number of carbonyl (C=O) groups excluding carboxylic acids is 2. The highest BCUT2D eigenvalue weighted by Crippen LogP contribution is 2.43. The summed E-state index contributed by atoms with van der Waals surface area (Å²) >= 11 is 0. The van der Waals surface area contributed by atoms with E-state index in [9.17, 15) is 18.0 Å². The Morgan fingerprint density at radius 1 is 1.17 bits per heavy atom. The molecule has 1 atom stereocenters. The maximum Gasteiger partial charge on any atom is 0.313 e. The Morgan fingerprint density at radius 2 is 1.83 bits per heavy atom. The summed E-state index contributed by atoms with van der Waals surface area (Å²) in [4.78, 5) is 26.2. The summed E-state index contributed by atoms with van der Waals surface area (Å²) in [5.41, 5.74) is 0.0609. The van der Waals surface area contributed by atoms with Crippen LogP contribution in [0.2, 0.25) is 0 Å². The second-order valence-electron chi connectivity index (χ2n) is 8.13.